The molecule has 2 N–H and O–H groups in total. The number of aliphatic imine (C=N–C) groups is 1. The third-order valence-corrected chi connectivity index (χ3v) is 5.42. The zero-order valence-electron chi connectivity index (χ0n) is 17.5. The van der Waals surface area contributed by atoms with Crippen molar-refractivity contribution >= 4 is 29.9 Å². The van der Waals surface area contributed by atoms with Gasteiger partial charge in [-0.15, -0.1) is 24.0 Å². The first-order valence-corrected chi connectivity index (χ1v) is 9.87. The van der Waals surface area contributed by atoms with Crippen LogP contribution in [-0.4, -0.2) is 35.9 Å². The molecule has 2 aromatic rings. The maximum absolute atomic E-state index is 13.0. The van der Waals surface area contributed by atoms with Gasteiger partial charge in [0.15, 0.2) is 5.96 Å². The molecule has 1 aromatic heterocycles. The highest BCUT2D eigenvalue weighted by atomic mass is 127. The first-order chi connectivity index (χ1) is 13.7. The Morgan fingerprint density at radius 3 is 2.50 bits per heavy atom. The second-order valence-corrected chi connectivity index (χ2v) is 7.72. The topological polar surface area (TPSA) is 54.2 Å². The van der Waals surface area contributed by atoms with Crippen molar-refractivity contribution in [3.8, 4) is 0 Å². The number of nitrogens with one attached hydrogen (secondary N) is 2. The Bertz CT molecular complexity index is 872. The van der Waals surface area contributed by atoms with Gasteiger partial charge in [0, 0.05) is 37.8 Å². The normalized spacial score (nSPS) is 15.5. The van der Waals surface area contributed by atoms with Gasteiger partial charge in [-0.3, -0.25) is 9.67 Å². The van der Waals surface area contributed by atoms with Gasteiger partial charge in [0.2, 0.25) is 0 Å². The Morgan fingerprint density at radius 1 is 1.20 bits per heavy atom. The van der Waals surface area contributed by atoms with Crippen molar-refractivity contribution in [3.05, 3.63) is 52.8 Å². The van der Waals surface area contributed by atoms with Gasteiger partial charge in [-0.1, -0.05) is 18.2 Å². The fourth-order valence-corrected chi connectivity index (χ4v) is 3.55. The predicted octanol–water partition coefficient (Wildman–Crippen LogP) is 4.42. The van der Waals surface area contributed by atoms with Crippen molar-refractivity contribution in [1.82, 2.24) is 20.4 Å². The summed E-state index contributed by atoms with van der Waals surface area (Å²) in [6, 6.07) is 7.73. The Morgan fingerprint density at radius 2 is 1.93 bits per heavy atom. The van der Waals surface area contributed by atoms with E-state index in [9.17, 15) is 13.2 Å². The molecule has 0 bridgehead atoms. The molecular formula is C21H29F3IN5. The van der Waals surface area contributed by atoms with Crippen LogP contribution in [0.5, 0.6) is 0 Å². The van der Waals surface area contributed by atoms with Crippen molar-refractivity contribution in [1.29, 1.82) is 0 Å². The molecule has 0 saturated heterocycles. The second kappa shape index (κ2) is 10.0. The molecule has 0 radical (unpaired) electrons. The molecule has 0 aliphatic heterocycles. The van der Waals surface area contributed by atoms with E-state index in [0.29, 0.717) is 12.5 Å². The van der Waals surface area contributed by atoms with Crippen LogP contribution in [0.15, 0.2) is 35.3 Å². The molecule has 1 fully saturated rings. The molecule has 0 unspecified atom stereocenters. The fourth-order valence-electron chi connectivity index (χ4n) is 3.55. The van der Waals surface area contributed by atoms with E-state index in [2.05, 4.69) is 26.8 Å². The Hall–Kier alpha value is -1.78. The molecule has 0 atom stereocenters. The first-order valence-electron chi connectivity index (χ1n) is 9.87. The molecule has 3 rings (SSSR count). The lowest BCUT2D eigenvalue weighted by Crippen LogP contribution is -2.41. The number of nitrogens with zero attached hydrogens (tertiary/aromatic N) is 3. The lowest BCUT2D eigenvalue weighted by atomic mass is 9.94. The summed E-state index contributed by atoms with van der Waals surface area (Å²) in [4.78, 5) is 4.23. The smallest absolute Gasteiger partial charge is 0.356 e. The monoisotopic (exact) mass is 535 g/mol. The Labute approximate surface area is 192 Å². The minimum atomic E-state index is -4.32. The van der Waals surface area contributed by atoms with Crippen LogP contribution < -0.4 is 10.6 Å². The van der Waals surface area contributed by atoms with Crippen LogP contribution in [0.4, 0.5) is 13.2 Å². The molecule has 1 heterocycles. The molecule has 166 valence electrons. The average molecular weight is 535 g/mol. The number of halogens is 4. The van der Waals surface area contributed by atoms with E-state index < -0.39 is 11.7 Å². The quantitative estimate of drug-likeness (QED) is 0.239. The summed E-state index contributed by atoms with van der Waals surface area (Å²) in [7, 11) is 1.69. The van der Waals surface area contributed by atoms with Crippen LogP contribution in [0.2, 0.25) is 0 Å². The van der Waals surface area contributed by atoms with E-state index in [4.69, 9.17) is 0 Å². The van der Waals surface area contributed by atoms with Gasteiger partial charge in [0.1, 0.15) is 0 Å². The summed E-state index contributed by atoms with van der Waals surface area (Å²) >= 11 is 0. The molecule has 1 aromatic carbocycles. The number of aryl methyl sites for hydroxylation is 3. The van der Waals surface area contributed by atoms with Crippen molar-refractivity contribution in [2.45, 2.75) is 51.2 Å². The van der Waals surface area contributed by atoms with Gasteiger partial charge in [-0.2, -0.15) is 18.3 Å². The van der Waals surface area contributed by atoms with Crippen molar-refractivity contribution in [3.63, 3.8) is 0 Å². The highest BCUT2D eigenvalue weighted by Gasteiger charge is 2.45. The van der Waals surface area contributed by atoms with Gasteiger partial charge in [0.05, 0.1) is 11.3 Å². The Kier molecular flexibility index (Phi) is 8.18. The maximum atomic E-state index is 13.0. The number of hydrogen-bond acceptors (Lipinski definition) is 2. The molecule has 0 spiro atoms. The molecule has 1 saturated carbocycles. The fraction of sp³-hybridized carbons (Fsp3) is 0.524. The summed E-state index contributed by atoms with van der Waals surface area (Å²) in [5.74, 6) is 0.664. The van der Waals surface area contributed by atoms with E-state index >= 15 is 0 Å². The van der Waals surface area contributed by atoms with Gasteiger partial charge < -0.3 is 10.6 Å². The van der Waals surface area contributed by atoms with Crippen LogP contribution in [0.1, 0.15) is 41.8 Å². The van der Waals surface area contributed by atoms with Crippen LogP contribution in [-0.2, 0) is 18.1 Å². The molecule has 1 aliphatic carbocycles. The molecule has 5 nitrogen and oxygen atoms in total. The van der Waals surface area contributed by atoms with E-state index in [1.165, 1.54) is 12.1 Å². The largest absolute Gasteiger partial charge is 0.416 e. The molecule has 30 heavy (non-hydrogen) atoms. The van der Waals surface area contributed by atoms with Crippen molar-refractivity contribution in [2.24, 2.45) is 4.99 Å². The van der Waals surface area contributed by atoms with Gasteiger partial charge in [0.25, 0.3) is 0 Å². The number of hydrogen-bond donors (Lipinski definition) is 2. The first kappa shape index (κ1) is 24.5. The van der Waals surface area contributed by atoms with Gasteiger partial charge >= 0.3 is 6.18 Å². The highest BCUT2D eigenvalue weighted by Crippen LogP contribution is 2.48. The lowest BCUT2D eigenvalue weighted by molar-refractivity contribution is -0.137. The van der Waals surface area contributed by atoms with Gasteiger partial charge in [-0.05, 0) is 50.8 Å². The summed E-state index contributed by atoms with van der Waals surface area (Å²) in [5, 5.41) is 11.0. The van der Waals surface area contributed by atoms with Crippen molar-refractivity contribution < 1.29 is 13.2 Å². The third kappa shape index (κ3) is 6.12. The third-order valence-electron chi connectivity index (χ3n) is 5.42. The number of benzene rings is 1. The minimum absolute atomic E-state index is 0. The SMILES string of the molecule is CN=C(NCCCn1nc(C)cc1C)NCC1(c2cccc(C(F)(F)F)c2)CC1.I. The molecule has 0 amide bonds. The maximum Gasteiger partial charge on any atom is 0.416 e. The van der Waals surface area contributed by atoms with E-state index in [-0.39, 0.29) is 29.4 Å². The van der Waals surface area contributed by atoms with Gasteiger partial charge in [-0.25, -0.2) is 0 Å². The van der Waals surface area contributed by atoms with E-state index in [1.54, 1.807) is 13.1 Å². The summed E-state index contributed by atoms with van der Waals surface area (Å²) in [6.07, 6.45) is -1.68. The second-order valence-electron chi connectivity index (χ2n) is 7.72. The van der Waals surface area contributed by atoms with Crippen LogP contribution >= 0.6 is 24.0 Å². The number of rotatable bonds is 7. The van der Waals surface area contributed by atoms with E-state index in [0.717, 1.165) is 55.4 Å². The highest BCUT2D eigenvalue weighted by molar-refractivity contribution is 14.0. The lowest BCUT2D eigenvalue weighted by Gasteiger charge is -2.20. The minimum Gasteiger partial charge on any atom is -0.356 e. The van der Waals surface area contributed by atoms with Crippen LogP contribution in [0.3, 0.4) is 0 Å². The standard InChI is InChI=1S/C21H28F3N5.HI/c1-15-12-16(2)29(28-15)11-5-10-26-19(25-3)27-14-20(8-9-20)17-6-4-7-18(13-17)21(22,23)24;/h4,6-7,12-13H,5,8-11,14H2,1-3H3,(H2,25,26,27);1H. The number of aromatic nitrogens is 2. The molecule has 1 aliphatic rings. The van der Waals surface area contributed by atoms with Crippen molar-refractivity contribution in [2.75, 3.05) is 20.1 Å². The zero-order chi connectivity index (χ0) is 21.1. The number of guanidine groups is 1. The van der Waals surface area contributed by atoms with Crippen LogP contribution in [0, 0.1) is 13.8 Å². The van der Waals surface area contributed by atoms with E-state index in [1.807, 2.05) is 18.5 Å². The molecule has 9 heteroatoms. The predicted molar refractivity (Wildman–Crippen MR) is 123 cm³/mol. The molecular weight excluding hydrogens is 506 g/mol. The summed E-state index contributed by atoms with van der Waals surface area (Å²) in [6.45, 7) is 6.13. The summed E-state index contributed by atoms with van der Waals surface area (Å²) < 4.78 is 41.0. The zero-order valence-corrected chi connectivity index (χ0v) is 19.8. The average Bonchev–Trinajstić information content (AvgIpc) is 3.40. The van der Waals surface area contributed by atoms with Crippen LogP contribution in [0.25, 0.3) is 0 Å². The Balaban J connectivity index is 0.00000320. The number of alkyl halides is 3. The summed E-state index contributed by atoms with van der Waals surface area (Å²) in [5.41, 5.74) is 2.05.